The Bertz CT molecular complexity index is 397. The molecule has 16 heavy (non-hydrogen) atoms. The van der Waals surface area contributed by atoms with Crippen LogP contribution >= 0.6 is 0 Å². The molecule has 6 heteroatoms. The van der Waals surface area contributed by atoms with E-state index in [0.717, 1.165) is 0 Å². The molecule has 2 rings (SSSR count). The fourth-order valence-electron chi connectivity index (χ4n) is 1.77. The van der Waals surface area contributed by atoms with Gasteiger partial charge < -0.3 is 25.0 Å². The second kappa shape index (κ2) is 4.34. The summed E-state index contributed by atoms with van der Waals surface area (Å²) < 4.78 is 5.29. The third kappa shape index (κ3) is 1.88. The summed E-state index contributed by atoms with van der Waals surface area (Å²) in [5, 5.41) is 28.1. The van der Waals surface area contributed by atoms with E-state index in [4.69, 9.17) is 9.84 Å². The molecule has 0 radical (unpaired) electrons. The third-order valence-corrected chi connectivity index (χ3v) is 2.68. The van der Waals surface area contributed by atoms with E-state index < -0.39 is 24.4 Å². The Morgan fingerprint density at radius 1 is 1.31 bits per heavy atom. The fourth-order valence-corrected chi connectivity index (χ4v) is 1.77. The number of hydrogen-bond acceptors (Lipinski definition) is 5. The van der Waals surface area contributed by atoms with Gasteiger partial charge >= 0.3 is 0 Å². The summed E-state index contributed by atoms with van der Waals surface area (Å²) in [5.41, 5.74) is 0.303. The van der Waals surface area contributed by atoms with Crippen LogP contribution in [0.1, 0.15) is 11.7 Å². The molecule has 88 valence electrons. The summed E-state index contributed by atoms with van der Waals surface area (Å²) in [5.74, 6) is 0. The number of nitrogens with one attached hydrogen (secondary N) is 1. The average molecular weight is 227 g/mol. The SMILES string of the molecule is O=c1ccc([C@@H]2O[C@H](CO)C(O)[C@@H]2O)c[nH]1. The van der Waals surface area contributed by atoms with Gasteiger partial charge in [0.2, 0.25) is 5.56 Å². The lowest BCUT2D eigenvalue weighted by molar-refractivity contribution is -0.0228. The van der Waals surface area contributed by atoms with Crippen molar-refractivity contribution in [3.8, 4) is 0 Å². The minimum atomic E-state index is -1.12. The highest BCUT2D eigenvalue weighted by Crippen LogP contribution is 2.32. The van der Waals surface area contributed by atoms with Gasteiger partial charge in [-0.05, 0) is 11.6 Å². The van der Waals surface area contributed by atoms with Gasteiger partial charge in [-0.2, -0.15) is 0 Å². The maximum Gasteiger partial charge on any atom is 0.247 e. The Kier molecular flexibility index (Phi) is 3.06. The molecule has 1 unspecified atom stereocenters. The van der Waals surface area contributed by atoms with Crippen LogP contribution in [-0.2, 0) is 4.74 Å². The number of aromatic nitrogens is 1. The minimum absolute atomic E-state index is 0.254. The Morgan fingerprint density at radius 3 is 2.56 bits per heavy atom. The van der Waals surface area contributed by atoms with Crippen LogP contribution in [0, 0.1) is 0 Å². The molecule has 4 atom stereocenters. The quantitative estimate of drug-likeness (QED) is 0.494. The monoisotopic (exact) mass is 227 g/mol. The van der Waals surface area contributed by atoms with E-state index in [2.05, 4.69) is 4.98 Å². The van der Waals surface area contributed by atoms with E-state index in [0.29, 0.717) is 5.56 Å². The topological polar surface area (TPSA) is 103 Å². The van der Waals surface area contributed by atoms with Gasteiger partial charge in [0.15, 0.2) is 0 Å². The number of aliphatic hydroxyl groups excluding tert-OH is 3. The molecular weight excluding hydrogens is 214 g/mol. The maximum absolute atomic E-state index is 10.9. The maximum atomic E-state index is 10.9. The van der Waals surface area contributed by atoms with Crippen molar-refractivity contribution in [2.45, 2.75) is 24.4 Å². The first kappa shape index (κ1) is 11.3. The van der Waals surface area contributed by atoms with E-state index in [9.17, 15) is 15.0 Å². The molecule has 1 saturated heterocycles. The number of aliphatic hydroxyl groups is 3. The van der Waals surface area contributed by atoms with Gasteiger partial charge in [0.25, 0.3) is 0 Å². The summed E-state index contributed by atoms with van der Waals surface area (Å²) in [4.78, 5) is 13.3. The highest BCUT2D eigenvalue weighted by molar-refractivity contribution is 5.16. The number of ether oxygens (including phenoxy) is 1. The molecule has 1 aliphatic rings. The normalized spacial score (nSPS) is 34.2. The number of aromatic amines is 1. The van der Waals surface area contributed by atoms with Gasteiger partial charge in [-0.15, -0.1) is 0 Å². The Labute approximate surface area is 91.1 Å². The van der Waals surface area contributed by atoms with Crippen molar-refractivity contribution in [1.29, 1.82) is 0 Å². The number of rotatable bonds is 2. The van der Waals surface area contributed by atoms with Crippen LogP contribution in [0.4, 0.5) is 0 Å². The number of hydrogen-bond donors (Lipinski definition) is 4. The van der Waals surface area contributed by atoms with E-state index >= 15 is 0 Å². The van der Waals surface area contributed by atoms with Crippen molar-refractivity contribution in [3.05, 3.63) is 34.2 Å². The summed E-state index contributed by atoms with van der Waals surface area (Å²) >= 11 is 0. The Morgan fingerprint density at radius 2 is 2.06 bits per heavy atom. The number of H-pyrrole nitrogens is 1. The molecule has 0 spiro atoms. The van der Waals surface area contributed by atoms with Crippen LogP contribution in [0.15, 0.2) is 23.1 Å². The largest absolute Gasteiger partial charge is 0.394 e. The summed E-state index contributed by atoms with van der Waals surface area (Å²) in [6.07, 6.45) is -2.34. The summed E-state index contributed by atoms with van der Waals surface area (Å²) in [6.45, 7) is -0.363. The van der Waals surface area contributed by atoms with E-state index in [-0.39, 0.29) is 12.2 Å². The second-order valence-corrected chi connectivity index (χ2v) is 3.75. The molecule has 1 aromatic rings. The van der Waals surface area contributed by atoms with Crippen molar-refractivity contribution in [3.63, 3.8) is 0 Å². The van der Waals surface area contributed by atoms with Gasteiger partial charge in [-0.1, -0.05) is 0 Å². The van der Waals surface area contributed by atoms with Crippen LogP contribution in [0.3, 0.4) is 0 Å². The predicted molar refractivity (Wildman–Crippen MR) is 53.8 cm³/mol. The first-order chi connectivity index (χ1) is 7.63. The zero-order valence-electron chi connectivity index (χ0n) is 8.41. The molecule has 1 aromatic heterocycles. The smallest absolute Gasteiger partial charge is 0.247 e. The molecule has 4 N–H and O–H groups in total. The van der Waals surface area contributed by atoms with E-state index in [1.54, 1.807) is 0 Å². The van der Waals surface area contributed by atoms with Crippen molar-refractivity contribution < 1.29 is 20.1 Å². The van der Waals surface area contributed by atoms with Crippen molar-refractivity contribution in [2.75, 3.05) is 6.61 Å². The lowest BCUT2D eigenvalue weighted by Gasteiger charge is -2.14. The van der Waals surface area contributed by atoms with Crippen molar-refractivity contribution >= 4 is 0 Å². The molecule has 2 heterocycles. The highest BCUT2D eigenvalue weighted by Gasteiger charge is 2.42. The lowest BCUT2D eigenvalue weighted by Crippen LogP contribution is -2.32. The van der Waals surface area contributed by atoms with Crippen LogP contribution in [0.25, 0.3) is 0 Å². The molecule has 1 aliphatic heterocycles. The summed E-state index contributed by atoms with van der Waals surface area (Å²) in [6, 6.07) is 2.82. The van der Waals surface area contributed by atoms with E-state index in [1.807, 2.05) is 0 Å². The van der Waals surface area contributed by atoms with Gasteiger partial charge in [-0.25, -0.2) is 0 Å². The molecule has 0 amide bonds. The fraction of sp³-hybridized carbons (Fsp3) is 0.500. The summed E-state index contributed by atoms with van der Waals surface area (Å²) in [7, 11) is 0. The van der Waals surface area contributed by atoms with Crippen molar-refractivity contribution in [2.24, 2.45) is 0 Å². The standard InChI is InChI=1S/C10H13NO5/c12-4-6-8(14)9(15)10(16-6)5-1-2-7(13)11-3-5/h1-3,6,8-10,12,14-15H,4H2,(H,11,13)/t6-,8?,9+,10+/m1/s1. The van der Waals surface area contributed by atoms with Gasteiger partial charge in [-0.3, -0.25) is 4.79 Å². The van der Waals surface area contributed by atoms with Crippen LogP contribution in [-0.4, -0.2) is 45.2 Å². The molecule has 6 nitrogen and oxygen atoms in total. The van der Waals surface area contributed by atoms with Crippen molar-refractivity contribution in [1.82, 2.24) is 4.98 Å². The van der Waals surface area contributed by atoms with Crippen LogP contribution in [0.2, 0.25) is 0 Å². The van der Waals surface area contributed by atoms with Crippen LogP contribution in [0.5, 0.6) is 0 Å². The zero-order valence-corrected chi connectivity index (χ0v) is 8.41. The number of pyridine rings is 1. The predicted octanol–water partition coefficient (Wildman–Crippen LogP) is -1.47. The first-order valence-electron chi connectivity index (χ1n) is 4.94. The lowest BCUT2D eigenvalue weighted by atomic mass is 10.0. The molecule has 0 aromatic carbocycles. The van der Waals surface area contributed by atoms with Gasteiger partial charge in [0, 0.05) is 12.3 Å². The first-order valence-corrected chi connectivity index (χ1v) is 4.94. The molecule has 0 bridgehead atoms. The Balaban J connectivity index is 2.22. The van der Waals surface area contributed by atoms with Gasteiger partial charge in [0.05, 0.1) is 6.61 Å². The second-order valence-electron chi connectivity index (χ2n) is 3.75. The molecule has 1 fully saturated rings. The average Bonchev–Trinajstić information content (AvgIpc) is 2.57. The molecular formula is C10H13NO5. The van der Waals surface area contributed by atoms with E-state index in [1.165, 1.54) is 18.3 Å². The third-order valence-electron chi connectivity index (χ3n) is 2.68. The minimum Gasteiger partial charge on any atom is -0.394 e. The zero-order chi connectivity index (χ0) is 11.7. The molecule has 0 saturated carbocycles. The van der Waals surface area contributed by atoms with Gasteiger partial charge in [0.1, 0.15) is 24.4 Å². The molecule has 0 aliphatic carbocycles. The van der Waals surface area contributed by atoms with Crippen LogP contribution < -0.4 is 5.56 Å². The Hall–Kier alpha value is -1.21. The highest BCUT2D eigenvalue weighted by atomic mass is 16.6.